The highest BCUT2D eigenvalue weighted by molar-refractivity contribution is 5.90. The Kier molecular flexibility index (Phi) is 9.65. The van der Waals surface area contributed by atoms with Crippen LogP contribution in [-0.2, 0) is 0 Å². The third-order valence-corrected chi connectivity index (χ3v) is 4.74. The summed E-state index contributed by atoms with van der Waals surface area (Å²) in [7, 11) is 3.22. The van der Waals surface area contributed by atoms with E-state index in [1.54, 1.807) is 20.3 Å². The fourth-order valence-electron chi connectivity index (χ4n) is 3.06. The highest BCUT2D eigenvalue weighted by atomic mass is 16.5. The van der Waals surface area contributed by atoms with Gasteiger partial charge in [0.15, 0.2) is 0 Å². The predicted molar refractivity (Wildman–Crippen MR) is 118 cm³/mol. The highest BCUT2D eigenvalue weighted by Gasteiger charge is 2.05. The summed E-state index contributed by atoms with van der Waals surface area (Å²) >= 11 is 0. The molecule has 4 nitrogen and oxygen atoms in total. The molecule has 0 saturated carbocycles. The molecule has 0 saturated heterocycles. The summed E-state index contributed by atoms with van der Waals surface area (Å²) in [5.74, 6) is 2.21. The van der Waals surface area contributed by atoms with Crippen molar-refractivity contribution in [2.45, 2.75) is 45.4 Å². The summed E-state index contributed by atoms with van der Waals surface area (Å²) in [4.78, 5) is 0. The molecular formula is C25H31NO3. The van der Waals surface area contributed by atoms with Gasteiger partial charge in [-0.25, -0.2) is 0 Å². The van der Waals surface area contributed by atoms with Gasteiger partial charge in [-0.3, -0.25) is 0 Å². The van der Waals surface area contributed by atoms with Gasteiger partial charge in [-0.05, 0) is 60.0 Å². The first-order valence-electron chi connectivity index (χ1n) is 10.3. The molecule has 0 aliphatic rings. The van der Waals surface area contributed by atoms with Gasteiger partial charge in [-0.1, -0.05) is 39.0 Å². The number of rotatable bonds is 12. The standard InChI is InChI=1S/C25H31NO3/c1-4-5-6-7-8-9-14-29-23-12-10-21(11-13-23)22(19-26)15-20-16-24(27-2)18-25(17-20)28-3/h10-13,15-18H,4-9,14H2,1-3H3. The van der Waals surface area contributed by atoms with Crippen molar-refractivity contribution in [3.63, 3.8) is 0 Å². The number of nitriles is 1. The lowest BCUT2D eigenvalue weighted by molar-refractivity contribution is 0.304. The third-order valence-electron chi connectivity index (χ3n) is 4.74. The largest absolute Gasteiger partial charge is 0.497 e. The lowest BCUT2D eigenvalue weighted by Gasteiger charge is -2.08. The Morgan fingerprint density at radius 1 is 0.862 bits per heavy atom. The van der Waals surface area contributed by atoms with Gasteiger partial charge in [-0.15, -0.1) is 0 Å². The van der Waals surface area contributed by atoms with E-state index in [4.69, 9.17) is 14.2 Å². The lowest BCUT2D eigenvalue weighted by atomic mass is 10.0. The number of benzene rings is 2. The maximum absolute atomic E-state index is 9.61. The van der Waals surface area contributed by atoms with Crippen molar-refractivity contribution in [3.05, 3.63) is 53.6 Å². The van der Waals surface area contributed by atoms with Gasteiger partial charge in [0, 0.05) is 6.07 Å². The number of nitrogens with zero attached hydrogens (tertiary/aromatic N) is 1. The maximum Gasteiger partial charge on any atom is 0.123 e. The average molecular weight is 394 g/mol. The molecule has 2 aromatic carbocycles. The molecule has 2 aromatic rings. The number of ether oxygens (including phenoxy) is 3. The number of hydrogen-bond acceptors (Lipinski definition) is 4. The predicted octanol–water partition coefficient (Wildman–Crippen LogP) is 6.51. The highest BCUT2D eigenvalue weighted by Crippen LogP contribution is 2.26. The minimum Gasteiger partial charge on any atom is -0.497 e. The molecule has 0 atom stereocenters. The summed E-state index contributed by atoms with van der Waals surface area (Å²) < 4.78 is 16.4. The van der Waals surface area contributed by atoms with Crippen molar-refractivity contribution in [3.8, 4) is 23.3 Å². The van der Waals surface area contributed by atoms with E-state index in [0.717, 1.165) is 29.9 Å². The van der Waals surface area contributed by atoms with Gasteiger partial charge < -0.3 is 14.2 Å². The van der Waals surface area contributed by atoms with E-state index in [2.05, 4.69) is 13.0 Å². The number of unbranched alkanes of at least 4 members (excludes halogenated alkanes) is 5. The van der Waals surface area contributed by atoms with Crippen LogP contribution in [-0.4, -0.2) is 20.8 Å². The normalized spacial score (nSPS) is 11.0. The van der Waals surface area contributed by atoms with Crippen LogP contribution in [0.15, 0.2) is 42.5 Å². The fraction of sp³-hybridized carbons (Fsp3) is 0.400. The maximum atomic E-state index is 9.61. The molecule has 0 aliphatic carbocycles. The minimum atomic E-state index is 0.572. The molecule has 154 valence electrons. The number of methoxy groups -OCH3 is 2. The molecule has 0 N–H and O–H groups in total. The van der Waals surface area contributed by atoms with Crippen LogP contribution in [0, 0.1) is 11.3 Å². The van der Waals surface area contributed by atoms with Crippen molar-refractivity contribution in [2.24, 2.45) is 0 Å². The Labute approximate surface area is 174 Å². The Morgan fingerprint density at radius 2 is 1.48 bits per heavy atom. The van der Waals surface area contributed by atoms with E-state index < -0.39 is 0 Å². The van der Waals surface area contributed by atoms with Gasteiger partial charge in [0.2, 0.25) is 0 Å². The molecular weight excluding hydrogens is 362 g/mol. The summed E-state index contributed by atoms with van der Waals surface area (Å²) in [5.41, 5.74) is 2.27. The van der Waals surface area contributed by atoms with E-state index in [-0.39, 0.29) is 0 Å². The molecule has 0 aliphatic heterocycles. The molecule has 0 heterocycles. The van der Waals surface area contributed by atoms with Crippen molar-refractivity contribution in [1.82, 2.24) is 0 Å². The molecule has 2 rings (SSSR count). The summed E-state index contributed by atoms with van der Waals surface area (Å²) in [5, 5.41) is 9.61. The zero-order valence-electron chi connectivity index (χ0n) is 17.7. The topological polar surface area (TPSA) is 51.5 Å². The Balaban J connectivity index is 1.98. The smallest absolute Gasteiger partial charge is 0.123 e. The van der Waals surface area contributed by atoms with Crippen molar-refractivity contribution < 1.29 is 14.2 Å². The van der Waals surface area contributed by atoms with Crippen LogP contribution in [0.3, 0.4) is 0 Å². The zero-order chi connectivity index (χ0) is 20.9. The molecule has 0 bridgehead atoms. The average Bonchev–Trinajstić information content (AvgIpc) is 2.77. The van der Waals surface area contributed by atoms with E-state index in [1.165, 1.54) is 32.1 Å². The van der Waals surface area contributed by atoms with E-state index in [0.29, 0.717) is 17.1 Å². The Bertz CT molecular complexity index is 797. The van der Waals surface area contributed by atoms with Crippen LogP contribution in [0.5, 0.6) is 17.2 Å². The quantitative estimate of drug-likeness (QED) is 0.234. The molecule has 4 heteroatoms. The summed E-state index contributed by atoms with van der Waals surface area (Å²) in [6.07, 6.45) is 9.30. The van der Waals surface area contributed by atoms with Gasteiger partial charge in [0.25, 0.3) is 0 Å². The molecule has 0 amide bonds. The Morgan fingerprint density at radius 3 is 2.07 bits per heavy atom. The molecule has 29 heavy (non-hydrogen) atoms. The van der Waals surface area contributed by atoms with Gasteiger partial charge in [0.05, 0.1) is 32.5 Å². The van der Waals surface area contributed by atoms with E-state index in [9.17, 15) is 5.26 Å². The second kappa shape index (κ2) is 12.5. The van der Waals surface area contributed by atoms with Gasteiger partial charge in [-0.2, -0.15) is 5.26 Å². The number of hydrogen-bond donors (Lipinski definition) is 0. The van der Waals surface area contributed by atoms with Gasteiger partial charge >= 0.3 is 0 Å². The SMILES string of the molecule is CCCCCCCCOc1ccc(C(C#N)=Cc2cc(OC)cc(OC)c2)cc1. The van der Waals surface area contributed by atoms with Crippen LogP contribution in [0.1, 0.15) is 56.6 Å². The molecule has 0 unspecified atom stereocenters. The monoisotopic (exact) mass is 393 g/mol. The zero-order valence-corrected chi connectivity index (χ0v) is 17.7. The molecule has 0 spiro atoms. The van der Waals surface area contributed by atoms with Crippen molar-refractivity contribution >= 4 is 11.6 Å². The first kappa shape index (κ1) is 22.4. The summed E-state index contributed by atoms with van der Waals surface area (Å²) in [6, 6.07) is 15.5. The van der Waals surface area contributed by atoms with Gasteiger partial charge in [0.1, 0.15) is 17.2 Å². The Hall–Kier alpha value is -2.93. The second-order valence-electron chi connectivity index (χ2n) is 6.96. The third kappa shape index (κ3) is 7.54. The van der Waals surface area contributed by atoms with E-state index >= 15 is 0 Å². The van der Waals surface area contributed by atoms with Crippen LogP contribution in [0.2, 0.25) is 0 Å². The van der Waals surface area contributed by atoms with Crippen LogP contribution in [0.25, 0.3) is 11.6 Å². The van der Waals surface area contributed by atoms with Crippen LogP contribution < -0.4 is 14.2 Å². The summed E-state index contributed by atoms with van der Waals surface area (Å²) in [6.45, 7) is 2.96. The van der Waals surface area contributed by atoms with E-state index in [1.807, 2.05) is 42.5 Å². The molecule has 0 aromatic heterocycles. The first-order chi connectivity index (χ1) is 14.2. The van der Waals surface area contributed by atoms with Crippen LogP contribution in [0.4, 0.5) is 0 Å². The first-order valence-corrected chi connectivity index (χ1v) is 10.3. The minimum absolute atomic E-state index is 0.572. The lowest BCUT2D eigenvalue weighted by Crippen LogP contribution is -1.97. The second-order valence-corrected chi connectivity index (χ2v) is 6.96. The van der Waals surface area contributed by atoms with Crippen molar-refractivity contribution in [2.75, 3.05) is 20.8 Å². The molecule has 0 radical (unpaired) electrons. The van der Waals surface area contributed by atoms with Crippen molar-refractivity contribution in [1.29, 1.82) is 5.26 Å². The van der Waals surface area contributed by atoms with Crippen LogP contribution >= 0.6 is 0 Å². The fourth-order valence-corrected chi connectivity index (χ4v) is 3.06. The number of allylic oxidation sites excluding steroid dienone is 1. The molecule has 0 fully saturated rings.